The number of hydrogen-bond acceptors (Lipinski definition) is 6. The molecule has 1 fully saturated rings. The molecule has 12 heteroatoms. The highest BCUT2D eigenvalue weighted by Gasteiger charge is 2.35. The van der Waals surface area contributed by atoms with Crippen LogP contribution in [0.25, 0.3) is 22.0 Å². The summed E-state index contributed by atoms with van der Waals surface area (Å²) in [5.74, 6) is 0.478. The van der Waals surface area contributed by atoms with E-state index in [1.807, 2.05) is 6.92 Å². The zero-order chi connectivity index (χ0) is 29.4. The molecule has 1 saturated carbocycles. The molecule has 1 aliphatic rings. The number of fused-ring (bicyclic) bond motifs is 1. The first kappa shape index (κ1) is 29.1. The summed E-state index contributed by atoms with van der Waals surface area (Å²) < 4.78 is 70.8. The van der Waals surface area contributed by atoms with Gasteiger partial charge in [0.2, 0.25) is 5.95 Å². The van der Waals surface area contributed by atoms with Gasteiger partial charge in [0.1, 0.15) is 4.90 Å². The summed E-state index contributed by atoms with van der Waals surface area (Å²) in [6, 6.07) is 12.8. The lowest BCUT2D eigenvalue weighted by molar-refractivity contribution is -0.137. The molecule has 1 aliphatic carbocycles. The van der Waals surface area contributed by atoms with Crippen molar-refractivity contribution in [2.24, 2.45) is 5.73 Å². The lowest BCUT2D eigenvalue weighted by Gasteiger charge is -2.26. The van der Waals surface area contributed by atoms with Crippen molar-refractivity contribution in [1.82, 2.24) is 9.97 Å². The Balaban J connectivity index is 1.50. The van der Waals surface area contributed by atoms with Gasteiger partial charge >= 0.3 is 6.18 Å². The number of aryl methyl sites for hydroxylation is 1. The Bertz CT molecular complexity index is 1690. The van der Waals surface area contributed by atoms with Crippen LogP contribution >= 0.6 is 11.6 Å². The van der Waals surface area contributed by atoms with Gasteiger partial charge in [-0.05, 0) is 85.2 Å². The molecule has 216 valence electrons. The Morgan fingerprint density at radius 2 is 1.78 bits per heavy atom. The highest BCUT2D eigenvalue weighted by molar-refractivity contribution is 7.92. The van der Waals surface area contributed by atoms with Crippen molar-refractivity contribution >= 4 is 44.2 Å². The Kier molecular flexibility index (Phi) is 8.13. The Labute approximate surface area is 241 Å². The number of sulfonamides is 1. The van der Waals surface area contributed by atoms with E-state index in [9.17, 15) is 21.6 Å². The first-order valence-corrected chi connectivity index (χ1v) is 15.1. The number of nitrogens with two attached hydrogens (primary N) is 1. The molecule has 5 rings (SSSR count). The van der Waals surface area contributed by atoms with Crippen molar-refractivity contribution in [2.45, 2.75) is 62.2 Å². The number of hydrogen-bond donors (Lipinski definition) is 3. The van der Waals surface area contributed by atoms with Crippen LogP contribution < -0.4 is 15.8 Å². The second-order valence-corrected chi connectivity index (χ2v) is 12.2. The average Bonchev–Trinajstić information content (AvgIpc) is 2.93. The maximum atomic E-state index is 14.3. The van der Waals surface area contributed by atoms with Gasteiger partial charge in [0.25, 0.3) is 10.0 Å². The first-order chi connectivity index (χ1) is 19.4. The second-order valence-electron chi connectivity index (χ2n) is 10.2. The van der Waals surface area contributed by atoms with Gasteiger partial charge in [-0.2, -0.15) is 13.2 Å². The van der Waals surface area contributed by atoms with Crippen LogP contribution in [0.4, 0.5) is 24.8 Å². The molecule has 0 unspecified atom stereocenters. The fourth-order valence-corrected chi connectivity index (χ4v) is 6.70. The molecule has 4 N–H and O–H groups in total. The number of anilines is 2. The summed E-state index contributed by atoms with van der Waals surface area (Å²) in [6.07, 6.45) is 1.10. The van der Waals surface area contributed by atoms with E-state index >= 15 is 0 Å². The number of benzene rings is 3. The van der Waals surface area contributed by atoms with E-state index in [1.54, 1.807) is 24.4 Å². The number of halogens is 4. The summed E-state index contributed by atoms with van der Waals surface area (Å²) in [7, 11) is -4.22. The van der Waals surface area contributed by atoms with E-state index in [1.165, 1.54) is 30.3 Å². The van der Waals surface area contributed by atoms with Gasteiger partial charge in [-0.1, -0.05) is 36.7 Å². The van der Waals surface area contributed by atoms with Crippen molar-refractivity contribution in [3.05, 3.63) is 76.9 Å². The molecule has 0 saturated heterocycles. The van der Waals surface area contributed by atoms with Gasteiger partial charge in [0.15, 0.2) is 0 Å². The van der Waals surface area contributed by atoms with Crippen LogP contribution in [0.5, 0.6) is 0 Å². The molecule has 1 heterocycles. The van der Waals surface area contributed by atoms with Crippen LogP contribution in [0.3, 0.4) is 0 Å². The number of nitrogens with zero attached hydrogens (tertiary/aromatic N) is 2. The van der Waals surface area contributed by atoms with Gasteiger partial charge in [-0.15, -0.1) is 0 Å². The summed E-state index contributed by atoms with van der Waals surface area (Å²) in [5, 5.41) is 3.93. The molecule has 0 aliphatic heterocycles. The molecule has 0 amide bonds. The van der Waals surface area contributed by atoms with Gasteiger partial charge < -0.3 is 11.1 Å². The summed E-state index contributed by atoms with van der Waals surface area (Å²) in [6.45, 7) is 1.91. The molecule has 0 spiro atoms. The number of aromatic nitrogens is 2. The molecule has 4 aromatic rings. The normalized spacial score (nSPS) is 17.9. The van der Waals surface area contributed by atoms with Crippen molar-refractivity contribution in [1.29, 1.82) is 0 Å². The van der Waals surface area contributed by atoms with Crippen LogP contribution in [-0.2, 0) is 22.6 Å². The lowest BCUT2D eigenvalue weighted by atomic mass is 9.92. The van der Waals surface area contributed by atoms with Crippen molar-refractivity contribution in [3.8, 4) is 11.1 Å². The quantitative estimate of drug-likeness (QED) is 0.209. The molecule has 41 heavy (non-hydrogen) atoms. The van der Waals surface area contributed by atoms with Gasteiger partial charge in [-0.3, -0.25) is 4.72 Å². The summed E-state index contributed by atoms with van der Waals surface area (Å²) >= 11 is 6.01. The number of nitrogens with one attached hydrogen (secondary N) is 2. The number of alkyl halides is 3. The highest BCUT2D eigenvalue weighted by Crippen LogP contribution is 2.40. The van der Waals surface area contributed by atoms with Gasteiger partial charge in [-0.25, -0.2) is 18.4 Å². The third kappa shape index (κ3) is 6.42. The smallest absolute Gasteiger partial charge is 0.351 e. The monoisotopic (exact) mass is 603 g/mol. The van der Waals surface area contributed by atoms with E-state index in [0.29, 0.717) is 28.8 Å². The summed E-state index contributed by atoms with van der Waals surface area (Å²) in [4.78, 5) is 8.89. The van der Waals surface area contributed by atoms with Gasteiger partial charge in [0, 0.05) is 29.4 Å². The van der Waals surface area contributed by atoms with Crippen molar-refractivity contribution in [2.75, 3.05) is 10.0 Å². The predicted molar refractivity (Wildman–Crippen MR) is 155 cm³/mol. The molecule has 0 atom stereocenters. The first-order valence-electron chi connectivity index (χ1n) is 13.3. The Morgan fingerprint density at radius 3 is 2.46 bits per heavy atom. The van der Waals surface area contributed by atoms with Crippen molar-refractivity contribution < 1.29 is 21.6 Å². The van der Waals surface area contributed by atoms with Gasteiger partial charge in [0.05, 0.1) is 16.1 Å². The molecular weight excluding hydrogens is 575 g/mol. The molecular formula is C29H29ClF3N5O2S. The highest BCUT2D eigenvalue weighted by atomic mass is 35.5. The zero-order valence-electron chi connectivity index (χ0n) is 22.2. The minimum absolute atomic E-state index is 0.0422. The maximum absolute atomic E-state index is 14.3. The van der Waals surface area contributed by atoms with Crippen LogP contribution in [0, 0.1) is 0 Å². The molecule has 7 nitrogen and oxygen atoms in total. The lowest BCUT2D eigenvalue weighted by Crippen LogP contribution is -2.33. The third-order valence-corrected chi connectivity index (χ3v) is 9.14. The van der Waals surface area contributed by atoms with Crippen molar-refractivity contribution in [3.63, 3.8) is 0 Å². The van der Waals surface area contributed by atoms with Crippen LogP contribution in [0.15, 0.2) is 65.7 Å². The second kappa shape index (κ2) is 11.5. The Morgan fingerprint density at radius 1 is 1.05 bits per heavy atom. The topological polar surface area (TPSA) is 110 Å². The predicted octanol–water partition coefficient (Wildman–Crippen LogP) is 7.01. The average molecular weight is 604 g/mol. The minimum Gasteiger partial charge on any atom is -0.351 e. The van der Waals surface area contributed by atoms with Crippen LogP contribution in [0.1, 0.15) is 43.7 Å². The van der Waals surface area contributed by atoms with E-state index < -0.39 is 21.8 Å². The molecule has 3 aromatic carbocycles. The number of rotatable bonds is 7. The fraction of sp³-hybridized carbons (Fsp3) is 0.310. The van der Waals surface area contributed by atoms with E-state index in [2.05, 4.69) is 15.0 Å². The van der Waals surface area contributed by atoms with E-state index in [4.69, 9.17) is 22.3 Å². The van der Waals surface area contributed by atoms with E-state index in [0.717, 1.165) is 37.3 Å². The maximum Gasteiger partial charge on any atom is 0.417 e. The largest absolute Gasteiger partial charge is 0.417 e. The third-order valence-electron chi connectivity index (χ3n) is 7.26. The zero-order valence-corrected chi connectivity index (χ0v) is 23.7. The molecule has 0 bridgehead atoms. The standard InChI is InChI=1S/C29H29ClF3N5O2S/c1-2-17-13-18(14-19-16-35-28(37-27(17)19)36-21-9-7-20(34)8-10-21)23-12-11-22(15-24(23)29(31,32)33)38-41(39,40)26-6-4-3-5-25(26)30/h3-6,11-16,20-21,38H,2,7-10,34H2,1H3,(H,35,36,37)/t20-,21-. The Hall–Kier alpha value is -3.41. The molecule has 0 radical (unpaired) electrons. The van der Waals surface area contributed by atoms with Crippen LogP contribution in [-0.4, -0.2) is 30.5 Å². The van der Waals surface area contributed by atoms with Crippen LogP contribution in [0.2, 0.25) is 5.02 Å². The molecule has 1 aromatic heterocycles. The summed E-state index contributed by atoms with van der Waals surface area (Å²) in [5.41, 5.74) is 6.46. The fourth-order valence-electron chi connectivity index (χ4n) is 5.13. The minimum atomic E-state index is -4.75. The SMILES string of the molecule is CCc1cc(-c2ccc(NS(=O)(=O)c3ccccc3Cl)cc2C(F)(F)F)cc2cnc(N[C@H]3CC[C@H](N)CC3)nc12. The van der Waals surface area contributed by atoms with E-state index in [-0.39, 0.29) is 33.3 Å².